The van der Waals surface area contributed by atoms with Crippen molar-refractivity contribution in [2.45, 2.75) is 26.9 Å². The highest BCUT2D eigenvalue weighted by atomic mass is 16.1. The molecule has 0 saturated carbocycles. The molecule has 3 nitrogen and oxygen atoms in total. The van der Waals surface area contributed by atoms with Crippen LogP contribution >= 0.6 is 0 Å². The maximum atomic E-state index is 15.1. The number of benzene rings is 6. The second kappa shape index (κ2) is 10.5. The van der Waals surface area contributed by atoms with Gasteiger partial charge in [-0.2, -0.15) is 0 Å². The van der Waals surface area contributed by atoms with Crippen molar-refractivity contribution < 1.29 is 4.79 Å². The molecular formula is C37H32N2O. The van der Waals surface area contributed by atoms with E-state index in [0.29, 0.717) is 13.1 Å². The van der Waals surface area contributed by atoms with Crippen molar-refractivity contribution in [3.63, 3.8) is 0 Å². The van der Waals surface area contributed by atoms with Crippen LogP contribution in [0.25, 0.3) is 43.8 Å². The van der Waals surface area contributed by atoms with Gasteiger partial charge in [-0.3, -0.25) is 4.79 Å². The van der Waals surface area contributed by atoms with Crippen LogP contribution in [0.2, 0.25) is 0 Å². The number of carbonyl (C=O) groups is 1. The molecule has 0 aliphatic heterocycles. The van der Waals surface area contributed by atoms with Crippen molar-refractivity contribution in [3.8, 4) is 22.3 Å². The molecule has 3 heteroatoms. The lowest BCUT2D eigenvalue weighted by molar-refractivity contribution is 0.104. The summed E-state index contributed by atoms with van der Waals surface area (Å²) >= 11 is 0. The van der Waals surface area contributed by atoms with Crippen molar-refractivity contribution >= 4 is 27.3 Å². The summed E-state index contributed by atoms with van der Waals surface area (Å²) in [7, 11) is 0. The van der Waals surface area contributed by atoms with Crippen molar-refractivity contribution in [2.24, 2.45) is 11.5 Å². The van der Waals surface area contributed by atoms with E-state index in [-0.39, 0.29) is 5.78 Å². The van der Waals surface area contributed by atoms with E-state index in [2.05, 4.69) is 74.5 Å². The fourth-order valence-corrected chi connectivity index (χ4v) is 5.82. The second-order valence-corrected chi connectivity index (χ2v) is 10.5. The Hall–Kier alpha value is -4.57. The van der Waals surface area contributed by atoms with Crippen molar-refractivity contribution in [3.05, 3.63) is 143 Å². The van der Waals surface area contributed by atoms with E-state index in [9.17, 15) is 0 Å². The summed E-state index contributed by atoms with van der Waals surface area (Å²) in [6.45, 7) is 5.18. The maximum Gasteiger partial charge on any atom is 0.195 e. The highest BCUT2D eigenvalue weighted by Gasteiger charge is 2.25. The number of fused-ring (bicyclic) bond motifs is 2. The Balaban J connectivity index is 1.69. The molecule has 196 valence electrons. The zero-order valence-corrected chi connectivity index (χ0v) is 22.9. The average molecular weight is 521 g/mol. The zero-order valence-electron chi connectivity index (χ0n) is 22.9. The lowest BCUT2D eigenvalue weighted by Gasteiger charge is -2.19. The Morgan fingerprint density at radius 1 is 0.525 bits per heavy atom. The van der Waals surface area contributed by atoms with E-state index in [1.54, 1.807) is 0 Å². The Bertz CT molecular complexity index is 1750. The minimum Gasteiger partial charge on any atom is -0.326 e. The Kier molecular flexibility index (Phi) is 6.77. The molecule has 0 aliphatic rings. The molecule has 6 rings (SSSR count). The number of aryl methyl sites for hydroxylation is 2. The molecule has 0 aliphatic carbocycles. The first-order valence-electron chi connectivity index (χ1n) is 13.7. The van der Waals surface area contributed by atoms with Gasteiger partial charge in [0.05, 0.1) is 0 Å². The zero-order chi connectivity index (χ0) is 27.8. The molecule has 0 saturated heterocycles. The summed E-state index contributed by atoms with van der Waals surface area (Å²) in [5, 5.41) is 4.08. The van der Waals surface area contributed by atoms with Crippen LogP contribution in [0.3, 0.4) is 0 Å². The summed E-state index contributed by atoms with van der Waals surface area (Å²) in [5.74, 6) is 0.0169. The van der Waals surface area contributed by atoms with E-state index >= 15 is 4.79 Å². The molecule has 0 heterocycles. The third-order valence-corrected chi connectivity index (χ3v) is 7.96. The third-order valence-electron chi connectivity index (χ3n) is 7.96. The summed E-state index contributed by atoms with van der Waals surface area (Å²) in [6, 6.07) is 37.2. The smallest absolute Gasteiger partial charge is 0.195 e. The molecule has 0 fully saturated rings. The summed E-state index contributed by atoms with van der Waals surface area (Å²) in [5.41, 5.74) is 21.5. The average Bonchev–Trinajstić information content (AvgIpc) is 3.01. The molecule has 0 aromatic heterocycles. The highest BCUT2D eigenvalue weighted by Crippen LogP contribution is 2.39. The SMILES string of the molecule is Cc1cc(-c2ccc(CN)cc2)c(C(=O)c2c(-c3ccc(CN)cc3)cc(C)c3ccccc23)c2ccccc12. The van der Waals surface area contributed by atoms with Gasteiger partial charge < -0.3 is 11.5 Å². The van der Waals surface area contributed by atoms with Gasteiger partial charge in [0, 0.05) is 24.2 Å². The van der Waals surface area contributed by atoms with E-state index < -0.39 is 0 Å². The first-order valence-corrected chi connectivity index (χ1v) is 13.7. The van der Waals surface area contributed by atoms with E-state index in [4.69, 9.17) is 11.5 Å². The van der Waals surface area contributed by atoms with Crippen molar-refractivity contribution in [1.82, 2.24) is 0 Å². The van der Waals surface area contributed by atoms with Gasteiger partial charge in [-0.1, -0.05) is 109 Å². The third kappa shape index (κ3) is 4.40. The Morgan fingerprint density at radius 3 is 1.23 bits per heavy atom. The molecule has 0 atom stereocenters. The van der Waals surface area contributed by atoms with Gasteiger partial charge in [-0.15, -0.1) is 0 Å². The molecule has 0 radical (unpaired) electrons. The van der Waals surface area contributed by atoms with Crippen LogP contribution in [0.15, 0.2) is 109 Å². The van der Waals surface area contributed by atoms with Gasteiger partial charge >= 0.3 is 0 Å². The lowest BCUT2D eigenvalue weighted by Crippen LogP contribution is -2.09. The summed E-state index contributed by atoms with van der Waals surface area (Å²) in [6.07, 6.45) is 0. The number of nitrogens with two attached hydrogens (primary N) is 2. The molecule has 4 N–H and O–H groups in total. The van der Waals surface area contributed by atoms with Gasteiger partial charge in [-0.05, 0) is 79.9 Å². The predicted octanol–water partition coefficient (Wildman–Crippen LogP) is 8.09. The number of carbonyl (C=O) groups excluding carboxylic acids is 1. The van der Waals surface area contributed by atoms with Crippen LogP contribution in [0, 0.1) is 13.8 Å². The van der Waals surface area contributed by atoms with Gasteiger partial charge in [-0.25, -0.2) is 0 Å². The minimum absolute atomic E-state index is 0.0169. The van der Waals surface area contributed by atoms with Crippen LogP contribution in [0.4, 0.5) is 0 Å². The van der Waals surface area contributed by atoms with Gasteiger partial charge in [0.1, 0.15) is 0 Å². The van der Waals surface area contributed by atoms with Crippen molar-refractivity contribution in [2.75, 3.05) is 0 Å². The van der Waals surface area contributed by atoms with Crippen LogP contribution < -0.4 is 11.5 Å². The summed E-state index contributed by atoms with van der Waals surface area (Å²) < 4.78 is 0. The molecular weight excluding hydrogens is 488 g/mol. The van der Waals surface area contributed by atoms with Gasteiger partial charge in [0.2, 0.25) is 0 Å². The molecule has 0 amide bonds. The second-order valence-electron chi connectivity index (χ2n) is 10.5. The fraction of sp³-hybridized carbons (Fsp3) is 0.108. The molecule has 40 heavy (non-hydrogen) atoms. The van der Waals surface area contributed by atoms with E-state index in [1.165, 1.54) is 0 Å². The molecule has 0 unspecified atom stereocenters. The summed E-state index contributed by atoms with van der Waals surface area (Å²) in [4.78, 5) is 15.1. The molecule has 0 bridgehead atoms. The Labute approximate surface area is 235 Å². The predicted molar refractivity (Wildman–Crippen MR) is 167 cm³/mol. The molecule has 6 aromatic rings. The number of hydrogen-bond donors (Lipinski definition) is 2. The van der Waals surface area contributed by atoms with E-state index in [1.807, 2.05) is 48.5 Å². The quantitative estimate of drug-likeness (QED) is 0.218. The van der Waals surface area contributed by atoms with Crippen LogP contribution in [0.1, 0.15) is 38.2 Å². The van der Waals surface area contributed by atoms with Crippen molar-refractivity contribution in [1.29, 1.82) is 0 Å². The van der Waals surface area contributed by atoms with Crippen LogP contribution in [-0.4, -0.2) is 5.78 Å². The monoisotopic (exact) mass is 520 g/mol. The highest BCUT2D eigenvalue weighted by molar-refractivity contribution is 6.27. The first kappa shape index (κ1) is 25.7. The number of rotatable bonds is 6. The van der Waals surface area contributed by atoms with Crippen LogP contribution in [0.5, 0.6) is 0 Å². The normalized spacial score (nSPS) is 11.3. The lowest BCUT2D eigenvalue weighted by atomic mass is 9.82. The van der Waals surface area contributed by atoms with Crippen LogP contribution in [-0.2, 0) is 13.1 Å². The van der Waals surface area contributed by atoms with Gasteiger partial charge in [0.25, 0.3) is 0 Å². The largest absolute Gasteiger partial charge is 0.326 e. The fourth-order valence-electron chi connectivity index (χ4n) is 5.82. The topological polar surface area (TPSA) is 69.1 Å². The standard InChI is InChI=1S/C37H32N2O/c1-23-19-33(27-15-11-25(21-38)12-16-27)35(31-9-5-3-7-29(23)31)37(40)36-32-10-6-4-8-30(32)24(2)20-34(36)28-17-13-26(22-39)14-18-28/h3-20H,21-22,38-39H2,1-2H3. The Morgan fingerprint density at radius 2 is 0.875 bits per heavy atom. The molecule has 6 aromatic carbocycles. The van der Waals surface area contributed by atoms with Gasteiger partial charge in [0.15, 0.2) is 5.78 Å². The number of hydrogen-bond acceptors (Lipinski definition) is 3. The molecule has 0 spiro atoms. The minimum atomic E-state index is 0.0169. The first-order chi connectivity index (χ1) is 19.5. The number of ketones is 1. The van der Waals surface area contributed by atoms with E-state index in [0.717, 1.165) is 77.2 Å². The maximum absolute atomic E-state index is 15.1.